The lowest BCUT2D eigenvalue weighted by molar-refractivity contribution is -0.167. The van der Waals surface area contributed by atoms with Crippen molar-refractivity contribution < 1.29 is 28.6 Å². The van der Waals surface area contributed by atoms with Gasteiger partial charge in [0.15, 0.2) is 6.10 Å². The number of hydrogen-bond donors (Lipinski definition) is 0. The minimum absolute atomic E-state index is 0.0922. The molecule has 0 radical (unpaired) electrons. The first-order valence-corrected chi connectivity index (χ1v) is 34.4. The average molecular weight is 1130 g/mol. The fourth-order valence-electron chi connectivity index (χ4n) is 9.63. The van der Waals surface area contributed by atoms with E-state index < -0.39 is 6.10 Å². The molecule has 0 rings (SSSR count). The molecule has 0 saturated heterocycles. The maximum atomic E-state index is 12.9. The molecule has 0 amide bonds. The lowest BCUT2D eigenvalue weighted by Gasteiger charge is -2.18. The first-order valence-electron chi connectivity index (χ1n) is 34.4. The summed E-state index contributed by atoms with van der Waals surface area (Å²) in [6, 6.07) is 0. The molecular weight excluding hydrogens is 997 g/mol. The first kappa shape index (κ1) is 77.1. The third-order valence-corrected chi connectivity index (χ3v) is 14.8. The molecule has 6 heteroatoms. The number of carbonyl (C=O) groups is 3. The zero-order valence-electron chi connectivity index (χ0n) is 53.3. The standard InChI is InChI=1S/C75H128O6/c1-4-7-10-13-16-19-22-25-28-31-33-34-35-36-37-38-39-40-42-44-47-50-53-56-59-62-65-68-74(77)80-71-72(70-79-73(76)67-64-61-58-55-52-49-46-43-30-27-24-21-18-15-12-9-6-3)81-75(78)69-66-63-60-57-54-51-48-45-41-32-29-26-23-20-17-14-11-8-5-2/h7,10,16,19,25,27-28,30,33-34,36-37,39-40,44,47,53,56,72H,4-6,8-9,11-15,17-18,20-24,26,29,31-32,35,38,41-43,45-46,48-52,54-55,57-71H2,1-3H3/b10-7-,19-16-,28-25-,30-27-,34-33-,37-36-,40-39-,47-44-,56-53-. The minimum Gasteiger partial charge on any atom is -0.462 e. The Kier molecular flexibility index (Phi) is 65.2. The van der Waals surface area contributed by atoms with Crippen LogP contribution in [0.1, 0.15) is 329 Å². The van der Waals surface area contributed by atoms with E-state index in [0.717, 1.165) is 109 Å². The van der Waals surface area contributed by atoms with E-state index in [4.69, 9.17) is 14.2 Å². The molecule has 0 bridgehead atoms. The van der Waals surface area contributed by atoms with E-state index in [9.17, 15) is 14.4 Å². The summed E-state index contributed by atoms with van der Waals surface area (Å²) < 4.78 is 16.9. The van der Waals surface area contributed by atoms with E-state index in [-0.39, 0.29) is 31.1 Å². The van der Waals surface area contributed by atoms with Gasteiger partial charge in [-0.25, -0.2) is 0 Å². The molecule has 0 aromatic heterocycles. The zero-order chi connectivity index (χ0) is 58.5. The van der Waals surface area contributed by atoms with Gasteiger partial charge >= 0.3 is 17.9 Å². The summed E-state index contributed by atoms with van der Waals surface area (Å²) in [7, 11) is 0. The highest BCUT2D eigenvalue weighted by Gasteiger charge is 2.19. The van der Waals surface area contributed by atoms with Crippen molar-refractivity contribution >= 4 is 17.9 Å². The number of esters is 3. The molecule has 0 aliphatic rings. The average Bonchev–Trinajstić information content (AvgIpc) is 3.47. The molecule has 0 N–H and O–H groups in total. The largest absolute Gasteiger partial charge is 0.462 e. The lowest BCUT2D eigenvalue weighted by atomic mass is 10.0. The molecule has 0 heterocycles. The van der Waals surface area contributed by atoms with Crippen molar-refractivity contribution in [3.63, 3.8) is 0 Å². The van der Waals surface area contributed by atoms with Crippen LogP contribution in [0.25, 0.3) is 0 Å². The molecule has 0 aromatic carbocycles. The van der Waals surface area contributed by atoms with Crippen molar-refractivity contribution in [3.05, 3.63) is 109 Å². The smallest absolute Gasteiger partial charge is 0.306 e. The summed E-state index contributed by atoms with van der Waals surface area (Å²) in [5.41, 5.74) is 0. The summed E-state index contributed by atoms with van der Waals surface area (Å²) in [4.78, 5) is 38.4. The van der Waals surface area contributed by atoms with Gasteiger partial charge in [0.1, 0.15) is 13.2 Å². The maximum Gasteiger partial charge on any atom is 0.306 e. The summed E-state index contributed by atoms with van der Waals surface area (Å²) in [5, 5.41) is 0. The highest BCUT2D eigenvalue weighted by molar-refractivity contribution is 5.71. The van der Waals surface area contributed by atoms with Crippen LogP contribution in [0, 0.1) is 0 Å². The van der Waals surface area contributed by atoms with Crippen LogP contribution in [-0.2, 0) is 28.6 Å². The van der Waals surface area contributed by atoms with Crippen LogP contribution in [0.15, 0.2) is 109 Å². The van der Waals surface area contributed by atoms with Gasteiger partial charge in [-0.15, -0.1) is 0 Å². The maximum absolute atomic E-state index is 12.9. The van der Waals surface area contributed by atoms with Crippen LogP contribution >= 0.6 is 0 Å². The van der Waals surface area contributed by atoms with Crippen LogP contribution in [0.3, 0.4) is 0 Å². The Morgan fingerprint density at radius 1 is 0.259 bits per heavy atom. The third kappa shape index (κ3) is 66.8. The van der Waals surface area contributed by atoms with Gasteiger partial charge in [0.2, 0.25) is 0 Å². The first-order chi connectivity index (χ1) is 40.0. The quantitative estimate of drug-likeness (QED) is 0.0261. The van der Waals surface area contributed by atoms with Crippen LogP contribution < -0.4 is 0 Å². The fourth-order valence-corrected chi connectivity index (χ4v) is 9.63. The van der Waals surface area contributed by atoms with Crippen molar-refractivity contribution in [2.75, 3.05) is 13.2 Å². The molecule has 81 heavy (non-hydrogen) atoms. The number of hydrogen-bond acceptors (Lipinski definition) is 6. The van der Waals surface area contributed by atoms with Gasteiger partial charge in [0.25, 0.3) is 0 Å². The molecule has 1 unspecified atom stereocenters. The van der Waals surface area contributed by atoms with E-state index in [1.807, 2.05) is 0 Å². The van der Waals surface area contributed by atoms with E-state index in [1.54, 1.807) is 0 Å². The second-order valence-corrected chi connectivity index (χ2v) is 22.7. The molecule has 0 aromatic rings. The van der Waals surface area contributed by atoms with Gasteiger partial charge in [-0.3, -0.25) is 14.4 Å². The molecule has 464 valence electrons. The number of carbonyl (C=O) groups excluding carboxylic acids is 3. The summed E-state index contributed by atoms with van der Waals surface area (Å²) in [5.74, 6) is -0.927. The Balaban J connectivity index is 4.44. The molecule has 6 nitrogen and oxygen atoms in total. The van der Waals surface area contributed by atoms with Crippen molar-refractivity contribution in [3.8, 4) is 0 Å². The Bertz CT molecular complexity index is 1620. The van der Waals surface area contributed by atoms with Crippen molar-refractivity contribution in [1.82, 2.24) is 0 Å². The van der Waals surface area contributed by atoms with Crippen LogP contribution in [0.5, 0.6) is 0 Å². The van der Waals surface area contributed by atoms with Gasteiger partial charge in [-0.1, -0.05) is 310 Å². The third-order valence-electron chi connectivity index (χ3n) is 14.8. The Labute approximate surface area is 501 Å². The van der Waals surface area contributed by atoms with Crippen LogP contribution in [0.2, 0.25) is 0 Å². The molecule has 0 fully saturated rings. The Morgan fingerprint density at radius 2 is 0.481 bits per heavy atom. The van der Waals surface area contributed by atoms with Gasteiger partial charge in [0, 0.05) is 19.3 Å². The van der Waals surface area contributed by atoms with Gasteiger partial charge in [-0.05, 0) is 109 Å². The topological polar surface area (TPSA) is 78.9 Å². The van der Waals surface area contributed by atoms with Crippen molar-refractivity contribution in [2.24, 2.45) is 0 Å². The predicted octanol–water partition coefficient (Wildman–Crippen LogP) is 23.8. The highest BCUT2D eigenvalue weighted by atomic mass is 16.6. The van der Waals surface area contributed by atoms with Crippen LogP contribution in [-0.4, -0.2) is 37.2 Å². The monoisotopic (exact) mass is 1120 g/mol. The summed E-state index contributed by atoms with van der Waals surface area (Å²) >= 11 is 0. The summed E-state index contributed by atoms with van der Waals surface area (Å²) in [6.45, 7) is 6.52. The number of unbranched alkanes of at least 4 members (excludes halogenated alkanes) is 33. The van der Waals surface area contributed by atoms with Crippen LogP contribution in [0.4, 0.5) is 0 Å². The number of rotatable bonds is 62. The molecule has 0 aliphatic heterocycles. The molecule has 0 aliphatic carbocycles. The predicted molar refractivity (Wildman–Crippen MR) is 353 cm³/mol. The van der Waals surface area contributed by atoms with E-state index in [0.29, 0.717) is 19.3 Å². The molecular formula is C75H128O6. The van der Waals surface area contributed by atoms with E-state index >= 15 is 0 Å². The normalized spacial score (nSPS) is 12.8. The van der Waals surface area contributed by atoms with Gasteiger partial charge in [-0.2, -0.15) is 0 Å². The SMILES string of the molecule is CC/C=C\C/C=C\C/C=C\C/C=C\C/C=C\C/C=C\C/C=C\C/C=C\CCCCC(=O)OCC(COC(=O)CCCCCCCCC/C=C\CCCCCCCC)OC(=O)CCCCCCCCCCCCCCCCCCCCC. The summed E-state index contributed by atoms with van der Waals surface area (Å²) in [6.07, 6.45) is 93.9. The van der Waals surface area contributed by atoms with Gasteiger partial charge < -0.3 is 14.2 Å². The van der Waals surface area contributed by atoms with Crippen molar-refractivity contribution in [2.45, 2.75) is 335 Å². The highest BCUT2D eigenvalue weighted by Crippen LogP contribution is 2.17. The van der Waals surface area contributed by atoms with Gasteiger partial charge in [0.05, 0.1) is 0 Å². The number of ether oxygens (including phenoxy) is 3. The lowest BCUT2D eigenvalue weighted by Crippen LogP contribution is -2.30. The number of allylic oxidation sites excluding steroid dienone is 18. The zero-order valence-corrected chi connectivity index (χ0v) is 53.3. The van der Waals surface area contributed by atoms with E-state index in [2.05, 4.69) is 130 Å². The molecule has 0 spiro atoms. The minimum atomic E-state index is -0.800. The fraction of sp³-hybridized carbons (Fsp3) is 0.720. The van der Waals surface area contributed by atoms with Crippen molar-refractivity contribution in [1.29, 1.82) is 0 Å². The molecule has 1 atom stereocenters. The Hall–Kier alpha value is -3.93. The second kappa shape index (κ2) is 68.6. The second-order valence-electron chi connectivity index (χ2n) is 22.7. The Morgan fingerprint density at radius 3 is 0.790 bits per heavy atom. The molecule has 0 saturated carbocycles. The van der Waals surface area contributed by atoms with E-state index in [1.165, 1.54) is 180 Å².